The number of halogens is 2. The summed E-state index contributed by atoms with van der Waals surface area (Å²) in [5.74, 6) is 0.263. The summed E-state index contributed by atoms with van der Waals surface area (Å²) < 4.78 is 5.32. The molecule has 0 aliphatic rings. The lowest BCUT2D eigenvalue weighted by atomic mass is 10.3. The summed E-state index contributed by atoms with van der Waals surface area (Å²) in [6.45, 7) is -0.117. The van der Waals surface area contributed by atoms with Crippen molar-refractivity contribution in [1.82, 2.24) is 0 Å². The minimum atomic E-state index is -0.305. The molecule has 20 heavy (non-hydrogen) atoms. The Morgan fingerprint density at radius 1 is 1.10 bits per heavy atom. The number of hydrogen-bond donors (Lipinski definition) is 2. The highest BCUT2D eigenvalue weighted by Gasteiger charge is 2.05. The van der Waals surface area contributed by atoms with E-state index < -0.39 is 0 Å². The number of benzene rings is 2. The molecule has 0 aromatic heterocycles. The molecule has 0 atom stereocenters. The zero-order valence-corrected chi connectivity index (χ0v) is 11.9. The molecule has 0 fully saturated rings. The Morgan fingerprint density at radius 3 is 2.30 bits per heavy atom. The minimum absolute atomic E-state index is 0.117. The number of rotatable bonds is 4. The van der Waals surface area contributed by atoms with E-state index in [-0.39, 0.29) is 12.5 Å². The molecule has 1 amide bonds. The molecule has 0 radical (unpaired) electrons. The van der Waals surface area contributed by atoms with Crippen molar-refractivity contribution in [2.24, 2.45) is 0 Å². The average molecular weight is 311 g/mol. The van der Waals surface area contributed by atoms with Crippen molar-refractivity contribution in [2.75, 3.05) is 17.7 Å². The number of anilines is 2. The summed E-state index contributed by atoms with van der Waals surface area (Å²) in [6.07, 6.45) is 0. The van der Waals surface area contributed by atoms with Crippen LogP contribution in [-0.2, 0) is 4.79 Å². The third-order valence-corrected chi connectivity index (χ3v) is 2.83. The van der Waals surface area contributed by atoms with Crippen LogP contribution in [0.25, 0.3) is 0 Å². The van der Waals surface area contributed by atoms with Gasteiger partial charge in [-0.1, -0.05) is 23.2 Å². The molecule has 2 rings (SSSR count). The lowest BCUT2D eigenvalue weighted by Gasteiger charge is -2.08. The molecular weight excluding hydrogens is 299 g/mol. The number of amides is 1. The van der Waals surface area contributed by atoms with Crippen LogP contribution in [0.3, 0.4) is 0 Å². The molecule has 0 unspecified atom stereocenters. The van der Waals surface area contributed by atoms with Gasteiger partial charge in [0.05, 0.1) is 0 Å². The molecule has 0 bridgehead atoms. The van der Waals surface area contributed by atoms with E-state index in [2.05, 4.69) is 5.32 Å². The van der Waals surface area contributed by atoms with Crippen LogP contribution in [0.15, 0.2) is 42.5 Å². The molecule has 104 valence electrons. The Hall–Kier alpha value is -1.91. The molecule has 2 aromatic carbocycles. The maximum Gasteiger partial charge on any atom is 0.262 e. The maximum atomic E-state index is 11.7. The van der Waals surface area contributed by atoms with Crippen LogP contribution in [0, 0.1) is 0 Å². The maximum absolute atomic E-state index is 11.7. The van der Waals surface area contributed by atoms with Gasteiger partial charge in [-0.3, -0.25) is 4.79 Å². The SMILES string of the molecule is Nc1ccc(OCC(=O)Nc2cc(Cl)cc(Cl)c2)cc1. The van der Waals surface area contributed by atoms with Gasteiger partial charge in [-0.15, -0.1) is 0 Å². The van der Waals surface area contributed by atoms with Crippen LogP contribution >= 0.6 is 23.2 Å². The van der Waals surface area contributed by atoms with Crippen molar-refractivity contribution in [1.29, 1.82) is 0 Å². The minimum Gasteiger partial charge on any atom is -0.484 e. The van der Waals surface area contributed by atoms with Gasteiger partial charge in [0.1, 0.15) is 5.75 Å². The number of nitrogens with one attached hydrogen (secondary N) is 1. The number of ether oxygens (including phenoxy) is 1. The molecule has 0 aliphatic carbocycles. The first-order valence-corrected chi connectivity index (χ1v) is 6.53. The summed E-state index contributed by atoms with van der Waals surface area (Å²) in [5.41, 5.74) is 6.71. The molecule has 4 nitrogen and oxygen atoms in total. The molecule has 0 heterocycles. The zero-order valence-electron chi connectivity index (χ0n) is 10.4. The van der Waals surface area contributed by atoms with Crippen LogP contribution in [0.2, 0.25) is 10.0 Å². The smallest absolute Gasteiger partial charge is 0.262 e. The summed E-state index contributed by atoms with van der Waals surface area (Å²) in [7, 11) is 0. The fraction of sp³-hybridized carbons (Fsp3) is 0.0714. The van der Waals surface area contributed by atoms with Crippen molar-refractivity contribution in [3.05, 3.63) is 52.5 Å². The van der Waals surface area contributed by atoms with E-state index in [0.717, 1.165) is 0 Å². The van der Waals surface area contributed by atoms with Crippen LogP contribution in [0.4, 0.5) is 11.4 Å². The van der Waals surface area contributed by atoms with Crippen molar-refractivity contribution < 1.29 is 9.53 Å². The first kappa shape index (κ1) is 14.5. The number of carbonyl (C=O) groups is 1. The first-order chi connectivity index (χ1) is 9.52. The zero-order chi connectivity index (χ0) is 14.5. The second kappa shape index (κ2) is 6.50. The van der Waals surface area contributed by atoms with Crippen molar-refractivity contribution >= 4 is 40.5 Å². The molecule has 0 saturated carbocycles. The summed E-state index contributed by atoms with van der Waals surface area (Å²) in [5, 5.41) is 3.55. The highest BCUT2D eigenvalue weighted by molar-refractivity contribution is 6.35. The van der Waals surface area contributed by atoms with Gasteiger partial charge < -0.3 is 15.8 Å². The van der Waals surface area contributed by atoms with Crippen LogP contribution < -0.4 is 15.8 Å². The molecule has 0 aliphatic heterocycles. The highest BCUT2D eigenvalue weighted by Crippen LogP contribution is 2.22. The van der Waals surface area contributed by atoms with E-state index in [1.165, 1.54) is 0 Å². The van der Waals surface area contributed by atoms with Crippen LogP contribution in [0.1, 0.15) is 0 Å². The average Bonchev–Trinajstić information content (AvgIpc) is 2.37. The third kappa shape index (κ3) is 4.33. The second-order valence-corrected chi connectivity index (χ2v) is 4.94. The number of hydrogen-bond acceptors (Lipinski definition) is 3. The lowest BCUT2D eigenvalue weighted by molar-refractivity contribution is -0.118. The molecule has 6 heteroatoms. The fourth-order valence-corrected chi connectivity index (χ4v) is 2.06. The Balaban J connectivity index is 1.90. The monoisotopic (exact) mass is 310 g/mol. The standard InChI is InChI=1S/C14H12Cl2N2O2/c15-9-5-10(16)7-12(6-9)18-14(19)8-20-13-3-1-11(17)2-4-13/h1-7H,8,17H2,(H,18,19). The van der Waals surface area contributed by atoms with Crippen LogP contribution in [-0.4, -0.2) is 12.5 Å². The normalized spacial score (nSPS) is 10.1. The van der Waals surface area contributed by atoms with Gasteiger partial charge in [-0.05, 0) is 42.5 Å². The second-order valence-electron chi connectivity index (χ2n) is 4.06. The Labute approximate surface area is 126 Å². The first-order valence-electron chi connectivity index (χ1n) is 5.77. The summed E-state index contributed by atoms with van der Waals surface area (Å²) in [6, 6.07) is 11.6. The predicted octanol–water partition coefficient (Wildman–Crippen LogP) is 3.59. The van der Waals surface area contributed by atoms with Gasteiger partial charge in [0.25, 0.3) is 5.91 Å². The number of nitrogens with two attached hydrogens (primary N) is 1. The molecule has 2 aromatic rings. The molecule has 0 saturated heterocycles. The number of nitrogen functional groups attached to an aromatic ring is 1. The quantitative estimate of drug-likeness (QED) is 0.848. The Bertz CT molecular complexity index is 595. The van der Waals surface area contributed by atoms with Crippen LogP contribution in [0.5, 0.6) is 5.75 Å². The topological polar surface area (TPSA) is 64.3 Å². The van der Waals surface area contributed by atoms with E-state index in [1.807, 2.05) is 0 Å². The Kier molecular flexibility index (Phi) is 4.71. The lowest BCUT2D eigenvalue weighted by Crippen LogP contribution is -2.20. The van der Waals surface area contributed by atoms with E-state index in [4.69, 9.17) is 33.7 Å². The Morgan fingerprint density at radius 2 is 1.70 bits per heavy atom. The number of carbonyl (C=O) groups excluding carboxylic acids is 1. The van der Waals surface area contributed by atoms with Gasteiger partial charge in [0.15, 0.2) is 6.61 Å². The van der Waals surface area contributed by atoms with Crippen molar-refractivity contribution in [3.8, 4) is 5.75 Å². The van der Waals surface area contributed by atoms with E-state index in [0.29, 0.717) is 27.2 Å². The highest BCUT2D eigenvalue weighted by atomic mass is 35.5. The summed E-state index contributed by atoms with van der Waals surface area (Å²) in [4.78, 5) is 11.7. The summed E-state index contributed by atoms with van der Waals surface area (Å²) >= 11 is 11.7. The molecule has 3 N–H and O–H groups in total. The fourth-order valence-electron chi connectivity index (χ4n) is 1.54. The van der Waals surface area contributed by atoms with Gasteiger partial charge >= 0.3 is 0 Å². The van der Waals surface area contributed by atoms with E-state index >= 15 is 0 Å². The van der Waals surface area contributed by atoms with Crippen molar-refractivity contribution in [2.45, 2.75) is 0 Å². The van der Waals surface area contributed by atoms with Gasteiger partial charge in [0.2, 0.25) is 0 Å². The largest absolute Gasteiger partial charge is 0.484 e. The predicted molar refractivity (Wildman–Crippen MR) is 81.4 cm³/mol. The van der Waals surface area contributed by atoms with Gasteiger partial charge in [-0.2, -0.15) is 0 Å². The van der Waals surface area contributed by atoms with E-state index in [1.54, 1.807) is 42.5 Å². The molecular formula is C14H12Cl2N2O2. The third-order valence-electron chi connectivity index (χ3n) is 2.40. The van der Waals surface area contributed by atoms with E-state index in [9.17, 15) is 4.79 Å². The van der Waals surface area contributed by atoms with Gasteiger partial charge in [0, 0.05) is 21.4 Å². The van der Waals surface area contributed by atoms with Gasteiger partial charge in [-0.25, -0.2) is 0 Å². The van der Waals surface area contributed by atoms with Crippen molar-refractivity contribution in [3.63, 3.8) is 0 Å². The molecule has 0 spiro atoms.